The second kappa shape index (κ2) is 6.78. The van der Waals surface area contributed by atoms with Gasteiger partial charge in [-0.15, -0.1) is 0 Å². The fourth-order valence-corrected chi connectivity index (χ4v) is 4.17. The molecule has 0 amide bonds. The second-order valence-corrected chi connectivity index (χ2v) is 7.54. The number of aryl methyl sites for hydroxylation is 2. The average molecular weight is 382 g/mol. The number of benzene rings is 1. The van der Waals surface area contributed by atoms with Crippen LogP contribution in [0.2, 0.25) is 0 Å². The summed E-state index contributed by atoms with van der Waals surface area (Å²) in [6.45, 7) is 7.62. The standard InChI is InChI=1S/C23H22N6/c1-16-14-22(28-12-10-27(11-13-28)21-9-5-6-17(2)25-21)29-20-8-4-3-7-19(20)26-23(29)18(16)15-24/h3-9,14H,10-13H2,1-2H3. The zero-order chi connectivity index (χ0) is 20.0. The molecule has 6 heteroatoms. The molecular formula is C23H22N6. The van der Waals surface area contributed by atoms with E-state index in [2.05, 4.69) is 49.5 Å². The molecule has 6 nitrogen and oxygen atoms in total. The summed E-state index contributed by atoms with van der Waals surface area (Å²) in [6.07, 6.45) is 0. The monoisotopic (exact) mass is 382 g/mol. The van der Waals surface area contributed by atoms with Crippen molar-refractivity contribution in [3.05, 3.63) is 65.4 Å². The molecule has 0 saturated carbocycles. The number of fused-ring (bicyclic) bond motifs is 3. The van der Waals surface area contributed by atoms with Crippen molar-refractivity contribution in [3.8, 4) is 6.07 Å². The second-order valence-electron chi connectivity index (χ2n) is 7.54. The highest BCUT2D eigenvalue weighted by Gasteiger charge is 2.23. The molecule has 1 aliphatic rings. The van der Waals surface area contributed by atoms with Crippen molar-refractivity contribution in [3.63, 3.8) is 0 Å². The lowest BCUT2D eigenvalue weighted by molar-refractivity contribution is 0.639. The summed E-state index contributed by atoms with van der Waals surface area (Å²) in [5, 5.41) is 9.70. The number of hydrogen-bond donors (Lipinski definition) is 0. The first-order valence-electron chi connectivity index (χ1n) is 9.90. The number of anilines is 2. The van der Waals surface area contributed by atoms with Crippen LogP contribution in [-0.2, 0) is 0 Å². The number of imidazole rings is 1. The number of aromatic nitrogens is 3. The van der Waals surface area contributed by atoms with Gasteiger partial charge in [0, 0.05) is 31.9 Å². The van der Waals surface area contributed by atoms with Crippen molar-refractivity contribution in [1.82, 2.24) is 14.4 Å². The summed E-state index contributed by atoms with van der Waals surface area (Å²) in [7, 11) is 0. The largest absolute Gasteiger partial charge is 0.354 e. The molecule has 3 aromatic heterocycles. The average Bonchev–Trinajstić information content (AvgIpc) is 3.12. The van der Waals surface area contributed by atoms with Crippen LogP contribution in [-0.4, -0.2) is 40.5 Å². The fourth-order valence-electron chi connectivity index (χ4n) is 4.17. The van der Waals surface area contributed by atoms with Gasteiger partial charge in [0.2, 0.25) is 0 Å². The summed E-state index contributed by atoms with van der Waals surface area (Å²) < 4.78 is 2.14. The molecule has 0 N–H and O–H groups in total. The summed E-state index contributed by atoms with van der Waals surface area (Å²) in [6, 6.07) is 18.7. The lowest BCUT2D eigenvalue weighted by Gasteiger charge is -2.37. The first-order valence-corrected chi connectivity index (χ1v) is 9.90. The van der Waals surface area contributed by atoms with Crippen molar-refractivity contribution in [2.24, 2.45) is 0 Å². The van der Waals surface area contributed by atoms with E-state index in [0.29, 0.717) is 5.56 Å². The van der Waals surface area contributed by atoms with Gasteiger partial charge in [0.25, 0.3) is 0 Å². The van der Waals surface area contributed by atoms with Crippen molar-refractivity contribution in [2.45, 2.75) is 13.8 Å². The molecular weight excluding hydrogens is 360 g/mol. The number of rotatable bonds is 2. The maximum atomic E-state index is 9.70. The molecule has 0 aliphatic carbocycles. The van der Waals surface area contributed by atoms with Crippen molar-refractivity contribution >= 4 is 28.3 Å². The normalized spacial score (nSPS) is 14.5. The summed E-state index contributed by atoms with van der Waals surface area (Å²) in [4.78, 5) is 14.2. The molecule has 4 heterocycles. The third-order valence-electron chi connectivity index (χ3n) is 5.67. The SMILES string of the molecule is Cc1cccc(N2CCN(c3cc(C)c(C#N)c4nc5ccccc5n34)CC2)n1. The zero-order valence-electron chi connectivity index (χ0n) is 16.6. The van der Waals surface area contributed by atoms with Crippen LogP contribution in [0.15, 0.2) is 48.5 Å². The van der Waals surface area contributed by atoms with Gasteiger partial charge in [0.15, 0.2) is 5.65 Å². The number of hydrogen-bond acceptors (Lipinski definition) is 5. The van der Waals surface area contributed by atoms with Crippen LogP contribution in [0.3, 0.4) is 0 Å². The maximum absolute atomic E-state index is 9.70. The van der Waals surface area contributed by atoms with Gasteiger partial charge in [-0.2, -0.15) is 5.26 Å². The van der Waals surface area contributed by atoms with E-state index in [9.17, 15) is 5.26 Å². The van der Waals surface area contributed by atoms with E-state index in [1.807, 2.05) is 38.1 Å². The first-order chi connectivity index (χ1) is 14.2. The highest BCUT2D eigenvalue weighted by atomic mass is 15.3. The van der Waals surface area contributed by atoms with E-state index in [1.165, 1.54) is 0 Å². The first kappa shape index (κ1) is 17.5. The Kier molecular flexibility index (Phi) is 4.09. The van der Waals surface area contributed by atoms with Crippen molar-refractivity contribution in [1.29, 1.82) is 5.26 Å². The van der Waals surface area contributed by atoms with E-state index < -0.39 is 0 Å². The molecule has 0 atom stereocenters. The van der Waals surface area contributed by atoms with E-state index in [-0.39, 0.29) is 0 Å². The Morgan fingerprint density at radius 2 is 1.66 bits per heavy atom. The molecule has 29 heavy (non-hydrogen) atoms. The molecule has 1 aliphatic heterocycles. The Bertz CT molecular complexity index is 1260. The fraction of sp³-hybridized carbons (Fsp3) is 0.261. The molecule has 4 aromatic rings. The minimum atomic E-state index is 0.646. The van der Waals surface area contributed by atoms with Gasteiger partial charge in [-0.25, -0.2) is 9.97 Å². The van der Waals surface area contributed by atoms with Crippen LogP contribution >= 0.6 is 0 Å². The van der Waals surface area contributed by atoms with E-state index in [1.54, 1.807) is 0 Å². The number of nitrogens with zero attached hydrogens (tertiary/aromatic N) is 6. The summed E-state index contributed by atoms with van der Waals surface area (Å²) in [5.41, 5.74) is 5.35. The molecule has 0 unspecified atom stereocenters. The Labute approximate surface area is 169 Å². The van der Waals surface area contributed by atoms with Crippen molar-refractivity contribution in [2.75, 3.05) is 36.0 Å². The lowest BCUT2D eigenvalue weighted by Crippen LogP contribution is -2.47. The van der Waals surface area contributed by atoms with Gasteiger partial charge in [-0.3, -0.25) is 4.40 Å². The minimum Gasteiger partial charge on any atom is -0.354 e. The third kappa shape index (κ3) is 2.87. The van der Waals surface area contributed by atoms with Crippen LogP contribution < -0.4 is 9.80 Å². The minimum absolute atomic E-state index is 0.646. The quantitative estimate of drug-likeness (QED) is 0.529. The van der Waals surface area contributed by atoms with Crippen molar-refractivity contribution < 1.29 is 0 Å². The van der Waals surface area contributed by atoms with Gasteiger partial charge in [0.05, 0.1) is 16.6 Å². The van der Waals surface area contributed by atoms with E-state index in [4.69, 9.17) is 4.98 Å². The van der Waals surface area contributed by atoms with Crippen LogP contribution in [0.5, 0.6) is 0 Å². The predicted molar refractivity (Wildman–Crippen MR) is 116 cm³/mol. The Morgan fingerprint density at radius 3 is 2.41 bits per heavy atom. The Morgan fingerprint density at radius 1 is 0.897 bits per heavy atom. The summed E-state index contributed by atoms with van der Waals surface area (Å²) >= 11 is 0. The Hall–Kier alpha value is -3.59. The number of para-hydroxylation sites is 2. The molecule has 5 rings (SSSR count). The van der Waals surface area contributed by atoms with Gasteiger partial charge >= 0.3 is 0 Å². The molecule has 144 valence electrons. The highest BCUT2D eigenvalue weighted by Crippen LogP contribution is 2.29. The topological polar surface area (TPSA) is 60.5 Å². The van der Waals surface area contributed by atoms with Crippen LogP contribution in [0.1, 0.15) is 16.8 Å². The third-order valence-corrected chi connectivity index (χ3v) is 5.67. The molecule has 1 fully saturated rings. The number of nitriles is 1. The smallest absolute Gasteiger partial charge is 0.157 e. The Balaban J connectivity index is 1.55. The molecule has 0 spiro atoms. The molecule has 1 saturated heterocycles. The highest BCUT2D eigenvalue weighted by molar-refractivity contribution is 5.85. The van der Waals surface area contributed by atoms with E-state index >= 15 is 0 Å². The van der Waals surface area contributed by atoms with Gasteiger partial charge in [0.1, 0.15) is 17.7 Å². The van der Waals surface area contributed by atoms with Gasteiger partial charge < -0.3 is 9.80 Å². The number of pyridine rings is 2. The predicted octanol–water partition coefficient (Wildman–Crippen LogP) is 3.70. The lowest BCUT2D eigenvalue weighted by atomic mass is 10.1. The zero-order valence-corrected chi connectivity index (χ0v) is 16.6. The maximum Gasteiger partial charge on any atom is 0.157 e. The molecule has 0 bridgehead atoms. The van der Waals surface area contributed by atoms with Gasteiger partial charge in [-0.1, -0.05) is 18.2 Å². The molecule has 0 radical (unpaired) electrons. The van der Waals surface area contributed by atoms with Crippen LogP contribution in [0.25, 0.3) is 16.7 Å². The number of piperazine rings is 1. The van der Waals surface area contributed by atoms with Crippen LogP contribution in [0, 0.1) is 25.2 Å². The molecule has 1 aromatic carbocycles. The van der Waals surface area contributed by atoms with E-state index in [0.717, 1.165) is 65.8 Å². The van der Waals surface area contributed by atoms with Crippen LogP contribution in [0.4, 0.5) is 11.6 Å². The van der Waals surface area contributed by atoms with Gasteiger partial charge in [-0.05, 0) is 49.7 Å². The summed E-state index contributed by atoms with van der Waals surface area (Å²) in [5.74, 6) is 2.14.